The van der Waals surface area contributed by atoms with Crippen LogP contribution in [0.25, 0.3) is 0 Å². The highest BCUT2D eigenvalue weighted by Crippen LogP contribution is 2.20. The number of benzene rings is 1. The van der Waals surface area contributed by atoms with Gasteiger partial charge < -0.3 is 13.3 Å². The molecule has 0 atom stereocenters. The zero-order chi connectivity index (χ0) is 15.2. The summed E-state index contributed by atoms with van der Waals surface area (Å²) in [6, 6.07) is 4.16. The normalized spacial score (nSPS) is 12.2. The Labute approximate surface area is 120 Å². The number of hydrogen-bond acceptors (Lipinski definition) is 3. The summed E-state index contributed by atoms with van der Waals surface area (Å²) in [6.45, 7) is 3.84. The fourth-order valence-corrected chi connectivity index (χ4v) is 4.28. The van der Waals surface area contributed by atoms with Crippen LogP contribution in [0.1, 0.15) is 25.8 Å². The average molecular weight is 304 g/mol. The minimum Gasteiger partial charge on any atom is -0.377 e. The molecule has 0 saturated carbocycles. The van der Waals surface area contributed by atoms with Crippen LogP contribution < -0.4 is 0 Å². The minimum atomic E-state index is -2.68. The molecule has 3 nitrogen and oxygen atoms in total. The van der Waals surface area contributed by atoms with E-state index in [1.54, 1.807) is 14.2 Å². The zero-order valence-corrected chi connectivity index (χ0v) is 13.4. The van der Waals surface area contributed by atoms with Crippen molar-refractivity contribution < 1.29 is 22.1 Å². The predicted molar refractivity (Wildman–Crippen MR) is 75.5 cm³/mol. The third-order valence-electron chi connectivity index (χ3n) is 2.91. The molecule has 0 unspecified atom stereocenters. The first kappa shape index (κ1) is 17.2. The van der Waals surface area contributed by atoms with E-state index < -0.39 is 20.4 Å². The van der Waals surface area contributed by atoms with Gasteiger partial charge in [-0.3, -0.25) is 0 Å². The van der Waals surface area contributed by atoms with E-state index in [1.165, 1.54) is 12.1 Å². The lowest BCUT2D eigenvalue weighted by molar-refractivity contribution is 0.0695. The number of halogens is 2. The van der Waals surface area contributed by atoms with E-state index >= 15 is 0 Å². The molecule has 0 aliphatic carbocycles. The molecule has 0 aromatic heterocycles. The fourth-order valence-electron chi connectivity index (χ4n) is 2.07. The van der Waals surface area contributed by atoms with Gasteiger partial charge in [0.15, 0.2) is 0 Å². The Bertz CT molecular complexity index is 403. The van der Waals surface area contributed by atoms with Gasteiger partial charge in [-0.1, -0.05) is 0 Å². The monoisotopic (exact) mass is 304 g/mol. The van der Waals surface area contributed by atoms with E-state index in [-0.39, 0.29) is 6.10 Å². The number of hydrogen-bond donors (Lipinski definition) is 0. The van der Waals surface area contributed by atoms with Gasteiger partial charge in [-0.15, -0.1) is 0 Å². The molecule has 20 heavy (non-hydrogen) atoms. The van der Waals surface area contributed by atoms with Gasteiger partial charge in [-0.25, -0.2) is 8.78 Å². The Kier molecular flexibility index (Phi) is 6.74. The second-order valence-corrected chi connectivity index (χ2v) is 7.81. The molecule has 1 aromatic rings. The van der Waals surface area contributed by atoms with Crippen LogP contribution in [0.5, 0.6) is 0 Å². The maximum Gasteiger partial charge on any atom is 0.500 e. The van der Waals surface area contributed by atoms with E-state index in [1.807, 2.05) is 13.8 Å². The summed E-state index contributed by atoms with van der Waals surface area (Å²) in [5.74, 6) is -1.11. The van der Waals surface area contributed by atoms with Crippen LogP contribution in [-0.4, -0.2) is 29.1 Å². The standard InChI is InChI=1S/C14H22F2O3Si/c1-11(2)19-20(17-3,18-4)7-5-6-12-8-13(15)10-14(16)9-12/h8-11H,5-7H2,1-4H3. The SMILES string of the molecule is CO[Si](CCCc1cc(F)cc(F)c1)(OC)OC(C)C. The van der Waals surface area contributed by atoms with Crippen LogP contribution in [0.15, 0.2) is 18.2 Å². The van der Waals surface area contributed by atoms with Crippen molar-refractivity contribution in [2.45, 2.75) is 38.8 Å². The second-order valence-electron chi connectivity index (χ2n) is 4.89. The van der Waals surface area contributed by atoms with Crippen LogP contribution in [0, 0.1) is 11.6 Å². The van der Waals surface area contributed by atoms with Crippen LogP contribution in [-0.2, 0) is 19.7 Å². The summed E-state index contributed by atoms with van der Waals surface area (Å²) >= 11 is 0. The van der Waals surface area contributed by atoms with Crippen LogP contribution in [0.2, 0.25) is 6.04 Å². The Morgan fingerprint density at radius 3 is 2.05 bits per heavy atom. The summed E-state index contributed by atoms with van der Waals surface area (Å²) in [6.07, 6.45) is 1.24. The van der Waals surface area contributed by atoms with Crippen LogP contribution >= 0.6 is 0 Å². The maximum absolute atomic E-state index is 13.1. The average Bonchev–Trinajstić information content (AvgIpc) is 2.36. The molecule has 0 saturated heterocycles. The van der Waals surface area contributed by atoms with Gasteiger partial charge in [0.1, 0.15) is 11.6 Å². The van der Waals surface area contributed by atoms with Crippen LogP contribution in [0.3, 0.4) is 0 Å². The molecule has 1 aromatic carbocycles. The van der Waals surface area contributed by atoms with E-state index in [9.17, 15) is 8.78 Å². The minimum absolute atomic E-state index is 0.00757. The molecule has 0 heterocycles. The molecule has 114 valence electrons. The molecule has 0 amide bonds. The van der Waals surface area contributed by atoms with Gasteiger partial charge in [0.25, 0.3) is 0 Å². The maximum atomic E-state index is 13.1. The van der Waals surface area contributed by atoms with Crippen molar-refractivity contribution in [1.29, 1.82) is 0 Å². The molecule has 0 radical (unpaired) electrons. The molecule has 6 heteroatoms. The molecule has 0 spiro atoms. The quantitative estimate of drug-likeness (QED) is 0.687. The lowest BCUT2D eigenvalue weighted by Crippen LogP contribution is -2.45. The highest BCUT2D eigenvalue weighted by Gasteiger charge is 2.39. The van der Waals surface area contributed by atoms with Crippen molar-refractivity contribution in [2.75, 3.05) is 14.2 Å². The predicted octanol–water partition coefficient (Wildman–Crippen LogP) is 3.55. The summed E-state index contributed by atoms with van der Waals surface area (Å²) in [4.78, 5) is 0. The van der Waals surface area contributed by atoms with Crippen LogP contribution in [0.4, 0.5) is 8.78 Å². The highest BCUT2D eigenvalue weighted by molar-refractivity contribution is 6.60. The van der Waals surface area contributed by atoms with Crippen molar-refractivity contribution >= 4 is 8.80 Å². The van der Waals surface area contributed by atoms with Gasteiger partial charge in [-0.05, 0) is 44.4 Å². The Balaban J connectivity index is 2.60. The number of rotatable bonds is 8. The third-order valence-corrected chi connectivity index (χ3v) is 5.95. The first-order chi connectivity index (χ1) is 9.40. The molecular weight excluding hydrogens is 282 g/mol. The van der Waals surface area contributed by atoms with Crippen molar-refractivity contribution in [3.8, 4) is 0 Å². The molecule has 0 bridgehead atoms. The lowest BCUT2D eigenvalue weighted by atomic mass is 10.1. The van der Waals surface area contributed by atoms with E-state index in [2.05, 4.69) is 0 Å². The van der Waals surface area contributed by atoms with Gasteiger partial charge in [0.2, 0.25) is 0 Å². The molecular formula is C14H22F2O3Si. The van der Waals surface area contributed by atoms with Gasteiger partial charge in [0.05, 0.1) is 0 Å². The van der Waals surface area contributed by atoms with Crippen molar-refractivity contribution in [2.24, 2.45) is 0 Å². The smallest absolute Gasteiger partial charge is 0.377 e. The summed E-state index contributed by atoms with van der Waals surface area (Å²) in [5.41, 5.74) is 0.627. The largest absolute Gasteiger partial charge is 0.500 e. The first-order valence-electron chi connectivity index (χ1n) is 6.64. The van der Waals surface area contributed by atoms with Crippen molar-refractivity contribution in [1.82, 2.24) is 0 Å². The summed E-state index contributed by atoms with van der Waals surface area (Å²) in [7, 11) is 0.464. The summed E-state index contributed by atoms with van der Waals surface area (Å²) in [5, 5.41) is 0. The van der Waals surface area contributed by atoms with Gasteiger partial charge in [-0.2, -0.15) is 0 Å². The number of aryl methyl sites for hydroxylation is 1. The van der Waals surface area contributed by atoms with E-state index in [4.69, 9.17) is 13.3 Å². The topological polar surface area (TPSA) is 27.7 Å². The second kappa shape index (κ2) is 7.83. The fraction of sp³-hybridized carbons (Fsp3) is 0.571. The Hall–Kier alpha value is -0.823. The molecule has 0 aliphatic rings. The Morgan fingerprint density at radius 1 is 1.05 bits per heavy atom. The van der Waals surface area contributed by atoms with Gasteiger partial charge in [0, 0.05) is 32.4 Å². The molecule has 0 fully saturated rings. The third kappa shape index (κ3) is 5.28. The van der Waals surface area contributed by atoms with Crippen molar-refractivity contribution in [3.05, 3.63) is 35.4 Å². The lowest BCUT2D eigenvalue weighted by Gasteiger charge is -2.28. The van der Waals surface area contributed by atoms with Gasteiger partial charge >= 0.3 is 8.80 Å². The summed E-state index contributed by atoms with van der Waals surface area (Å²) < 4.78 is 42.8. The molecule has 0 aliphatic heterocycles. The molecule has 0 N–H and O–H groups in total. The van der Waals surface area contributed by atoms with Crippen molar-refractivity contribution in [3.63, 3.8) is 0 Å². The van der Waals surface area contributed by atoms with E-state index in [0.29, 0.717) is 24.4 Å². The highest BCUT2D eigenvalue weighted by atomic mass is 28.4. The Morgan fingerprint density at radius 2 is 1.60 bits per heavy atom. The molecule has 1 rings (SSSR count). The zero-order valence-electron chi connectivity index (χ0n) is 12.4. The first-order valence-corrected chi connectivity index (χ1v) is 8.57. The van der Waals surface area contributed by atoms with E-state index in [0.717, 1.165) is 6.07 Å².